The van der Waals surface area contributed by atoms with Crippen molar-refractivity contribution in [3.63, 3.8) is 0 Å². The predicted octanol–water partition coefficient (Wildman–Crippen LogP) is 4.76. The molecule has 0 unspecified atom stereocenters. The number of hydrogen-bond donors (Lipinski definition) is 0. The molecule has 0 radical (unpaired) electrons. The van der Waals surface area contributed by atoms with E-state index in [4.69, 9.17) is 14.0 Å². The highest BCUT2D eigenvalue weighted by Gasteiger charge is 2.53. The van der Waals surface area contributed by atoms with Gasteiger partial charge in [-0.25, -0.2) is 4.39 Å². The molecule has 0 N–H and O–H groups in total. The topological polar surface area (TPSA) is 27.7 Å². The minimum atomic E-state index is -0.979. The van der Waals surface area contributed by atoms with Gasteiger partial charge < -0.3 is 14.0 Å². The number of rotatable bonds is 6. The van der Waals surface area contributed by atoms with Gasteiger partial charge in [0.1, 0.15) is 11.5 Å². The highest BCUT2D eigenvalue weighted by molar-refractivity contribution is 7.99. The van der Waals surface area contributed by atoms with Gasteiger partial charge in [-0.3, -0.25) is 0 Å². The fourth-order valence-electron chi connectivity index (χ4n) is 2.46. The Morgan fingerprint density at radius 1 is 1.21 bits per heavy atom. The Balaban J connectivity index is 2.38. The van der Waals surface area contributed by atoms with Gasteiger partial charge in [0.15, 0.2) is 0 Å². The maximum atomic E-state index is 15.2. The molecule has 132 valence electrons. The highest BCUT2D eigenvalue weighted by Crippen LogP contribution is 2.40. The van der Waals surface area contributed by atoms with Gasteiger partial charge in [-0.2, -0.15) is 11.8 Å². The van der Waals surface area contributed by atoms with E-state index in [2.05, 4.69) is 0 Å². The molecule has 1 aliphatic heterocycles. The van der Waals surface area contributed by atoms with Crippen molar-refractivity contribution in [1.82, 2.24) is 0 Å². The Bertz CT molecular complexity index is 600. The molecule has 0 spiro atoms. The first kappa shape index (κ1) is 19.4. The van der Waals surface area contributed by atoms with Gasteiger partial charge in [0.2, 0.25) is 0 Å². The lowest BCUT2D eigenvalue weighted by molar-refractivity contribution is 0.00578. The molecule has 1 aromatic rings. The molecule has 2 rings (SSSR count). The van der Waals surface area contributed by atoms with Gasteiger partial charge in [-0.05, 0) is 64.1 Å². The zero-order valence-corrected chi connectivity index (χ0v) is 16.1. The quantitative estimate of drug-likeness (QED) is 0.690. The van der Waals surface area contributed by atoms with Crippen molar-refractivity contribution in [3.05, 3.63) is 35.6 Å². The molecule has 24 heavy (non-hydrogen) atoms. The minimum absolute atomic E-state index is 0.364. The zero-order valence-electron chi connectivity index (χ0n) is 15.3. The molecule has 0 aromatic heterocycles. The molecule has 1 heterocycles. The zero-order chi connectivity index (χ0) is 18.0. The number of thioether (sulfide) groups is 1. The molecule has 1 fully saturated rings. The second-order valence-corrected chi connectivity index (χ2v) is 7.67. The van der Waals surface area contributed by atoms with Crippen LogP contribution in [0.2, 0.25) is 0 Å². The van der Waals surface area contributed by atoms with Crippen LogP contribution < -0.4 is 4.74 Å². The first-order valence-corrected chi connectivity index (χ1v) is 9.57. The van der Waals surface area contributed by atoms with E-state index >= 15 is 4.39 Å². The van der Waals surface area contributed by atoms with Gasteiger partial charge >= 0.3 is 7.12 Å². The Hall–Kier alpha value is -0.975. The SMILES string of the molecule is CCOc1cccc(C(CSC)=C(F)B2OC(C)(C)C(C)(C)O2)c1. The van der Waals surface area contributed by atoms with Crippen LogP contribution in [0, 0.1) is 0 Å². The lowest BCUT2D eigenvalue weighted by Gasteiger charge is -2.32. The van der Waals surface area contributed by atoms with Crippen LogP contribution in [0.15, 0.2) is 30.0 Å². The van der Waals surface area contributed by atoms with E-state index in [1.807, 2.05) is 65.1 Å². The Morgan fingerprint density at radius 3 is 2.38 bits per heavy atom. The normalized spacial score (nSPS) is 20.0. The van der Waals surface area contributed by atoms with Crippen molar-refractivity contribution in [2.75, 3.05) is 18.6 Å². The van der Waals surface area contributed by atoms with Crippen molar-refractivity contribution in [2.24, 2.45) is 0 Å². The monoisotopic (exact) mass is 352 g/mol. The standard InChI is InChI=1S/C18H26BFO3S/c1-7-21-14-10-8-9-13(11-14)15(12-24-6)16(20)19-22-17(2,3)18(4,5)23-19/h8-11H,7,12H2,1-6H3. The van der Waals surface area contributed by atoms with Gasteiger partial charge in [0.05, 0.1) is 17.8 Å². The molecule has 0 atom stereocenters. The van der Waals surface area contributed by atoms with Crippen molar-refractivity contribution in [3.8, 4) is 5.75 Å². The summed E-state index contributed by atoms with van der Waals surface area (Å²) in [4.78, 5) is 0. The van der Waals surface area contributed by atoms with E-state index < -0.39 is 18.3 Å². The summed E-state index contributed by atoms with van der Waals surface area (Å²) >= 11 is 1.56. The summed E-state index contributed by atoms with van der Waals surface area (Å²) in [6.07, 6.45) is 1.95. The fraction of sp³-hybridized carbons (Fsp3) is 0.556. The number of halogens is 1. The molecule has 0 aliphatic carbocycles. The van der Waals surface area contributed by atoms with E-state index in [9.17, 15) is 0 Å². The maximum absolute atomic E-state index is 15.2. The second-order valence-electron chi connectivity index (χ2n) is 6.81. The number of hydrogen-bond acceptors (Lipinski definition) is 4. The van der Waals surface area contributed by atoms with Crippen LogP contribution in [0.3, 0.4) is 0 Å². The van der Waals surface area contributed by atoms with E-state index in [-0.39, 0.29) is 5.73 Å². The van der Waals surface area contributed by atoms with Crippen LogP contribution in [0.5, 0.6) is 5.75 Å². The lowest BCUT2D eigenvalue weighted by Crippen LogP contribution is -2.41. The Morgan fingerprint density at radius 2 is 1.83 bits per heavy atom. The molecular weight excluding hydrogens is 326 g/mol. The lowest BCUT2D eigenvalue weighted by atomic mass is 9.83. The number of ether oxygens (including phenoxy) is 1. The average Bonchev–Trinajstić information content (AvgIpc) is 2.73. The first-order chi connectivity index (χ1) is 11.2. The molecular formula is C18H26BFO3S. The van der Waals surface area contributed by atoms with Gasteiger partial charge in [-0.1, -0.05) is 12.1 Å². The summed E-state index contributed by atoms with van der Waals surface area (Å²) < 4.78 is 32.5. The van der Waals surface area contributed by atoms with Crippen LogP contribution in [0.1, 0.15) is 40.2 Å². The molecule has 3 nitrogen and oxygen atoms in total. The van der Waals surface area contributed by atoms with Crippen LogP contribution in [0.25, 0.3) is 5.57 Å². The maximum Gasteiger partial charge on any atom is 0.525 e. The average molecular weight is 352 g/mol. The summed E-state index contributed by atoms with van der Waals surface area (Å²) in [5.74, 6) is 1.27. The fourth-order valence-corrected chi connectivity index (χ4v) is 3.06. The summed E-state index contributed by atoms with van der Waals surface area (Å²) in [7, 11) is -0.979. The van der Waals surface area contributed by atoms with E-state index in [1.165, 1.54) is 0 Å². The predicted molar refractivity (Wildman–Crippen MR) is 100 cm³/mol. The summed E-state index contributed by atoms with van der Waals surface area (Å²) in [6, 6.07) is 7.49. The van der Waals surface area contributed by atoms with Crippen molar-refractivity contribution < 1.29 is 18.4 Å². The highest BCUT2D eigenvalue weighted by atomic mass is 32.2. The van der Waals surface area contributed by atoms with Gasteiger partial charge in [-0.15, -0.1) is 0 Å². The smallest absolute Gasteiger partial charge is 0.494 e. The largest absolute Gasteiger partial charge is 0.525 e. The van der Waals surface area contributed by atoms with Crippen LogP contribution in [-0.2, 0) is 9.31 Å². The molecule has 0 bridgehead atoms. The summed E-state index contributed by atoms with van der Waals surface area (Å²) in [6.45, 7) is 10.2. The third-order valence-electron chi connectivity index (χ3n) is 4.53. The molecule has 1 saturated heterocycles. The molecule has 6 heteroatoms. The molecule has 0 saturated carbocycles. The van der Waals surface area contributed by atoms with Gasteiger partial charge in [0.25, 0.3) is 0 Å². The number of benzene rings is 1. The summed E-state index contributed by atoms with van der Waals surface area (Å²) in [5.41, 5.74) is -0.110. The minimum Gasteiger partial charge on any atom is -0.494 e. The molecule has 0 amide bonds. The summed E-state index contributed by atoms with van der Waals surface area (Å²) in [5, 5.41) is 0. The Kier molecular flexibility index (Phi) is 6.05. The third kappa shape index (κ3) is 3.98. The van der Waals surface area contributed by atoms with E-state index in [0.29, 0.717) is 17.9 Å². The second kappa shape index (κ2) is 7.50. The first-order valence-electron chi connectivity index (χ1n) is 8.18. The van der Waals surface area contributed by atoms with Crippen LogP contribution >= 0.6 is 11.8 Å². The Labute approximate surface area is 149 Å². The molecule has 1 aromatic carbocycles. The van der Waals surface area contributed by atoms with E-state index in [0.717, 1.165) is 11.3 Å². The van der Waals surface area contributed by atoms with Crippen LogP contribution in [0.4, 0.5) is 4.39 Å². The third-order valence-corrected chi connectivity index (χ3v) is 5.11. The van der Waals surface area contributed by atoms with Crippen molar-refractivity contribution >= 4 is 24.5 Å². The molecule has 1 aliphatic rings. The van der Waals surface area contributed by atoms with Crippen molar-refractivity contribution in [2.45, 2.75) is 45.8 Å². The van der Waals surface area contributed by atoms with E-state index in [1.54, 1.807) is 11.8 Å². The van der Waals surface area contributed by atoms with Gasteiger partial charge in [0, 0.05) is 5.75 Å². The van der Waals surface area contributed by atoms with Crippen LogP contribution in [-0.4, -0.2) is 36.9 Å². The van der Waals surface area contributed by atoms with Crippen molar-refractivity contribution in [1.29, 1.82) is 0 Å².